The van der Waals surface area contributed by atoms with Crippen molar-refractivity contribution >= 4 is 16.3 Å². The number of hydrogen-bond donors (Lipinski definition) is 1. The highest BCUT2D eigenvalue weighted by atomic mass is 32.1. The van der Waals surface area contributed by atoms with E-state index < -0.39 is 5.60 Å². The molecular weight excluding hydrogens is 318 g/mol. The Hall–Kier alpha value is -1.69. The summed E-state index contributed by atoms with van der Waals surface area (Å²) in [6, 6.07) is 8.31. The van der Waals surface area contributed by atoms with Gasteiger partial charge < -0.3 is 5.11 Å². The van der Waals surface area contributed by atoms with Crippen LogP contribution in [0.4, 0.5) is 0 Å². The third kappa shape index (κ3) is 2.77. The number of piperidine rings is 1. The molecule has 1 N–H and O–H groups in total. The summed E-state index contributed by atoms with van der Waals surface area (Å²) >= 11 is 1.68. The highest BCUT2D eigenvalue weighted by Crippen LogP contribution is 2.33. The van der Waals surface area contributed by atoms with Crippen LogP contribution in [0.15, 0.2) is 35.8 Å². The van der Waals surface area contributed by atoms with Gasteiger partial charge in [-0.25, -0.2) is 4.98 Å². The topological polar surface area (TPSA) is 40.8 Å². The molecule has 0 bridgehead atoms. The van der Waals surface area contributed by atoms with Gasteiger partial charge in [0.05, 0.1) is 17.0 Å². The van der Waals surface area contributed by atoms with E-state index in [0.717, 1.165) is 48.7 Å². The summed E-state index contributed by atoms with van der Waals surface area (Å²) in [4.78, 5) is 8.12. The Balaban J connectivity index is 1.47. The van der Waals surface area contributed by atoms with E-state index in [1.807, 2.05) is 0 Å². The lowest BCUT2D eigenvalue weighted by Crippen LogP contribution is -2.42. The molecule has 0 spiro atoms. The fourth-order valence-corrected chi connectivity index (χ4v) is 4.36. The molecule has 1 fully saturated rings. The molecule has 1 aromatic carbocycles. The van der Waals surface area contributed by atoms with Gasteiger partial charge in [-0.2, -0.15) is 0 Å². The van der Waals surface area contributed by atoms with Crippen LogP contribution in [0.2, 0.25) is 0 Å². The summed E-state index contributed by atoms with van der Waals surface area (Å²) in [5.41, 5.74) is 3.98. The second-order valence-electron chi connectivity index (χ2n) is 6.87. The van der Waals surface area contributed by atoms with Crippen molar-refractivity contribution in [2.24, 2.45) is 0 Å². The van der Waals surface area contributed by atoms with Gasteiger partial charge in [-0.15, -0.1) is 11.3 Å². The Morgan fingerprint density at radius 1 is 1.17 bits per heavy atom. The molecule has 0 aliphatic carbocycles. The van der Waals surface area contributed by atoms with E-state index in [1.165, 1.54) is 11.3 Å². The van der Waals surface area contributed by atoms with Crippen LogP contribution in [0.5, 0.6) is 0 Å². The summed E-state index contributed by atoms with van der Waals surface area (Å²) in [6.45, 7) is 6.87. The van der Waals surface area contributed by atoms with Crippen molar-refractivity contribution in [2.75, 3.05) is 13.1 Å². The van der Waals surface area contributed by atoms with E-state index in [9.17, 15) is 5.11 Å². The maximum atomic E-state index is 11.0. The number of aromatic nitrogens is 2. The molecule has 126 valence electrons. The average Bonchev–Trinajstić information content (AvgIpc) is 3.13. The van der Waals surface area contributed by atoms with Crippen LogP contribution in [0, 0.1) is 13.8 Å². The zero-order valence-corrected chi connectivity index (χ0v) is 15.0. The van der Waals surface area contributed by atoms with Crippen molar-refractivity contribution in [2.45, 2.75) is 38.8 Å². The van der Waals surface area contributed by atoms with Crippen molar-refractivity contribution in [3.8, 4) is 0 Å². The van der Waals surface area contributed by atoms with Crippen LogP contribution in [0.1, 0.15) is 35.4 Å². The lowest BCUT2D eigenvalue weighted by Gasteiger charge is -2.38. The first-order valence-corrected chi connectivity index (χ1v) is 9.36. The van der Waals surface area contributed by atoms with Crippen LogP contribution in [0.25, 0.3) is 4.96 Å². The van der Waals surface area contributed by atoms with Gasteiger partial charge in [-0.05, 0) is 32.3 Å². The third-order valence-electron chi connectivity index (χ3n) is 5.21. The maximum Gasteiger partial charge on any atom is 0.194 e. The molecule has 1 aliphatic heterocycles. The van der Waals surface area contributed by atoms with E-state index in [2.05, 4.69) is 64.0 Å². The maximum absolute atomic E-state index is 11.0. The van der Waals surface area contributed by atoms with Gasteiger partial charge in [0.1, 0.15) is 0 Å². The Morgan fingerprint density at radius 2 is 1.88 bits per heavy atom. The number of hydrogen-bond acceptors (Lipinski definition) is 4. The monoisotopic (exact) mass is 341 g/mol. The van der Waals surface area contributed by atoms with Crippen molar-refractivity contribution in [3.05, 3.63) is 58.4 Å². The number of fused-ring (bicyclic) bond motifs is 1. The third-order valence-corrected chi connectivity index (χ3v) is 5.96. The Morgan fingerprint density at radius 3 is 2.58 bits per heavy atom. The van der Waals surface area contributed by atoms with Gasteiger partial charge in [0, 0.05) is 31.2 Å². The molecule has 24 heavy (non-hydrogen) atoms. The standard InChI is InChI=1S/C19H23N3OS/c1-14-3-5-16(6-4-14)19(23)7-9-21(10-8-19)13-17-15(2)20-18-22(17)11-12-24-18/h3-6,11-12,23H,7-10,13H2,1-2H3. The van der Waals surface area contributed by atoms with E-state index in [-0.39, 0.29) is 0 Å². The fourth-order valence-electron chi connectivity index (χ4n) is 3.58. The number of aryl methyl sites for hydroxylation is 2. The van der Waals surface area contributed by atoms with E-state index >= 15 is 0 Å². The first-order chi connectivity index (χ1) is 11.5. The van der Waals surface area contributed by atoms with Crippen molar-refractivity contribution in [3.63, 3.8) is 0 Å². The van der Waals surface area contributed by atoms with Gasteiger partial charge >= 0.3 is 0 Å². The number of aliphatic hydroxyl groups is 1. The van der Waals surface area contributed by atoms with Gasteiger partial charge in [0.2, 0.25) is 0 Å². The van der Waals surface area contributed by atoms with Gasteiger partial charge in [0.25, 0.3) is 0 Å². The van der Waals surface area contributed by atoms with Crippen molar-refractivity contribution in [1.29, 1.82) is 0 Å². The van der Waals surface area contributed by atoms with Crippen LogP contribution >= 0.6 is 11.3 Å². The molecule has 4 nitrogen and oxygen atoms in total. The number of rotatable bonds is 3. The minimum atomic E-state index is -0.686. The van der Waals surface area contributed by atoms with Crippen LogP contribution in [-0.4, -0.2) is 32.5 Å². The van der Waals surface area contributed by atoms with Gasteiger partial charge in [0.15, 0.2) is 4.96 Å². The smallest absolute Gasteiger partial charge is 0.194 e. The first kappa shape index (κ1) is 15.8. The van der Waals surface area contributed by atoms with Gasteiger partial charge in [-0.1, -0.05) is 29.8 Å². The largest absolute Gasteiger partial charge is 0.385 e. The number of likely N-dealkylation sites (tertiary alicyclic amines) is 1. The lowest BCUT2D eigenvalue weighted by molar-refractivity contribution is -0.0280. The quantitative estimate of drug-likeness (QED) is 0.793. The SMILES string of the molecule is Cc1ccc(C2(O)CCN(Cc3c(C)nc4sccn34)CC2)cc1. The Labute approximate surface area is 146 Å². The van der Waals surface area contributed by atoms with Crippen LogP contribution in [0.3, 0.4) is 0 Å². The predicted molar refractivity (Wildman–Crippen MR) is 97.4 cm³/mol. The highest BCUT2D eigenvalue weighted by molar-refractivity contribution is 7.15. The molecule has 3 aromatic rings. The van der Waals surface area contributed by atoms with Crippen molar-refractivity contribution in [1.82, 2.24) is 14.3 Å². The molecule has 5 heteroatoms. The normalized spacial score (nSPS) is 18.3. The molecule has 0 saturated carbocycles. The summed E-state index contributed by atoms with van der Waals surface area (Å²) in [7, 11) is 0. The summed E-state index contributed by atoms with van der Waals surface area (Å²) in [5, 5.41) is 13.1. The first-order valence-electron chi connectivity index (χ1n) is 8.48. The minimum absolute atomic E-state index is 0.686. The molecule has 0 atom stereocenters. The highest BCUT2D eigenvalue weighted by Gasteiger charge is 2.34. The molecular formula is C19H23N3OS. The summed E-state index contributed by atoms with van der Waals surface area (Å²) in [6.07, 6.45) is 3.66. The summed E-state index contributed by atoms with van der Waals surface area (Å²) in [5.74, 6) is 0. The number of nitrogens with zero attached hydrogens (tertiary/aromatic N) is 3. The van der Waals surface area contributed by atoms with E-state index in [4.69, 9.17) is 0 Å². The van der Waals surface area contributed by atoms with Crippen molar-refractivity contribution < 1.29 is 5.11 Å². The zero-order valence-electron chi connectivity index (χ0n) is 14.2. The molecule has 0 amide bonds. The molecule has 3 heterocycles. The molecule has 1 saturated heterocycles. The number of imidazole rings is 1. The average molecular weight is 341 g/mol. The number of benzene rings is 1. The molecule has 4 rings (SSSR count). The predicted octanol–water partition coefficient (Wildman–Crippen LogP) is 3.50. The molecule has 2 aromatic heterocycles. The zero-order chi connectivity index (χ0) is 16.7. The van der Waals surface area contributed by atoms with Crippen LogP contribution < -0.4 is 0 Å². The number of thiazole rings is 1. The Bertz CT molecular complexity index is 841. The van der Waals surface area contributed by atoms with Gasteiger partial charge in [-0.3, -0.25) is 9.30 Å². The summed E-state index contributed by atoms with van der Waals surface area (Å²) < 4.78 is 2.20. The van der Waals surface area contributed by atoms with Crippen LogP contribution in [-0.2, 0) is 12.1 Å². The lowest BCUT2D eigenvalue weighted by atomic mass is 9.84. The second-order valence-corrected chi connectivity index (χ2v) is 7.75. The minimum Gasteiger partial charge on any atom is -0.385 e. The molecule has 0 unspecified atom stereocenters. The van der Waals surface area contributed by atoms with E-state index in [1.54, 1.807) is 11.3 Å². The fraction of sp³-hybridized carbons (Fsp3) is 0.421. The molecule has 1 aliphatic rings. The Kier molecular flexibility index (Phi) is 3.95. The molecule has 0 radical (unpaired) electrons. The van der Waals surface area contributed by atoms with E-state index in [0.29, 0.717) is 0 Å². The second kappa shape index (κ2) is 5.99.